The van der Waals surface area contributed by atoms with E-state index in [0.29, 0.717) is 42.2 Å². The summed E-state index contributed by atoms with van der Waals surface area (Å²) in [4.78, 5) is 27.4. The molecule has 3 aromatic heterocycles. The van der Waals surface area contributed by atoms with Gasteiger partial charge in [0.1, 0.15) is 10.5 Å². The second kappa shape index (κ2) is 8.11. The fourth-order valence-electron chi connectivity index (χ4n) is 4.21. The van der Waals surface area contributed by atoms with Gasteiger partial charge < -0.3 is 4.90 Å². The Bertz CT molecular complexity index is 1350. The molecule has 7 nitrogen and oxygen atoms in total. The summed E-state index contributed by atoms with van der Waals surface area (Å²) in [6.45, 7) is 3.81. The van der Waals surface area contributed by atoms with Crippen LogP contribution in [0.1, 0.15) is 31.2 Å². The van der Waals surface area contributed by atoms with Crippen LogP contribution in [0.5, 0.6) is 0 Å². The summed E-state index contributed by atoms with van der Waals surface area (Å²) in [5, 5.41) is 10.5. The van der Waals surface area contributed by atoms with Crippen LogP contribution in [-0.2, 0) is 17.8 Å². The average Bonchev–Trinajstić information content (AvgIpc) is 3.46. The molecule has 0 bridgehead atoms. The van der Waals surface area contributed by atoms with Gasteiger partial charge in [0, 0.05) is 32.5 Å². The van der Waals surface area contributed by atoms with Gasteiger partial charge in [-0.1, -0.05) is 36.4 Å². The Kier molecular flexibility index (Phi) is 5.15. The summed E-state index contributed by atoms with van der Waals surface area (Å²) >= 11 is 1.42. The van der Waals surface area contributed by atoms with Gasteiger partial charge in [-0.3, -0.25) is 18.6 Å². The molecule has 0 atom stereocenters. The van der Waals surface area contributed by atoms with E-state index in [-0.39, 0.29) is 11.5 Å². The van der Waals surface area contributed by atoms with E-state index in [1.54, 1.807) is 4.57 Å². The summed E-state index contributed by atoms with van der Waals surface area (Å²) in [5.74, 6) is 1.37. The molecule has 158 valence electrons. The fourth-order valence-corrected chi connectivity index (χ4v) is 5.04. The summed E-state index contributed by atoms with van der Waals surface area (Å²) in [6, 6.07) is 12.2. The number of nitrogens with zero attached hydrogens (tertiary/aromatic N) is 5. The van der Waals surface area contributed by atoms with Crippen molar-refractivity contribution in [1.82, 2.24) is 24.1 Å². The molecule has 4 heterocycles. The highest BCUT2D eigenvalue weighted by Gasteiger charge is 2.20. The van der Waals surface area contributed by atoms with Crippen LogP contribution in [0.3, 0.4) is 0 Å². The Morgan fingerprint density at radius 2 is 2.00 bits per heavy atom. The van der Waals surface area contributed by atoms with Gasteiger partial charge in [-0.15, -0.1) is 21.5 Å². The first-order chi connectivity index (χ1) is 15.2. The summed E-state index contributed by atoms with van der Waals surface area (Å²) < 4.78 is 4.25. The molecule has 0 spiro atoms. The van der Waals surface area contributed by atoms with Crippen LogP contribution in [0.15, 0.2) is 52.6 Å². The first-order valence-electron chi connectivity index (χ1n) is 10.5. The third-order valence-corrected chi connectivity index (χ3v) is 6.76. The lowest BCUT2D eigenvalue weighted by molar-refractivity contribution is -0.130. The second-order valence-corrected chi connectivity index (χ2v) is 8.54. The highest BCUT2D eigenvalue weighted by Crippen LogP contribution is 2.23. The maximum Gasteiger partial charge on any atom is 0.272 e. The molecule has 1 aromatic carbocycles. The number of carbonyl (C=O) groups is 1. The topological polar surface area (TPSA) is 72.5 Å². The van der Waals surface area contributed by atoms with Crippen molar-refractivity contribution < 1.29 is 4.79 Å². The van der Waals surface area contributed by atoms with Crippen molar-refractivity contribution in [3.63, 3.8) is 0 Å². The highest BCUT2D eigenvalue weighted by molar-refractivity contribution is 7.17. The number of amides is 1. The Balaban J connectivity index is 1.34. The Morgan fingerprint density at radius 3 is 2.74 bits per heavy atom. The normalized spacial score (nSPS) is 14.4. The number of carbonyl (C=O) groups excluding carboxylic acids is 1. The van der Waals surface area contributed by atoms with Gasteiger partial charge in [-0.25, -0.2) is 0 Å². The Hall–Kier alpha value is -3.26. The maximum atomic E-state index is 12.8. The first-order valence-corrected chi connectivity index (χ1v) is 11.4. The lowest BCUT2D eigenvalue weighted by Gasteiger charge is -2.26. The zero-order valence-electron chi connectivity index (χ0n) is 17.3. The van der Waals surface area contributed by atoms with E-state index in [1.165, 1.54) is 22.5 Å². The molecule has 0 saturated carbocycles. The van der Waals surface area contributed by atoms with Crippen molar-refractivity contribution in [2.24, 2.45) is 0 Å². The molecule has 1 aliphatic heterocycles. The van der Waals surface area contributed by atoms with Crippen molar-refractivity contribution in [3.8, 4) is 0 Å². The molecule has 8 heteroatoms. The van der Waals surface area contributed by atoms with E-state index in [9.17, 15) is 9.59 Å². The van der Waals surface area contributed by atoms with E-state index in [2.05, 4.69) is 28.4 Å². The van der Waals surface area contributed by atoms with E-state index in [0.717, 1.165) is 18.5 Å². The van der Waals surface area contributed by atoms with Gasteiger partial charge in [-0.2, -0.15) is 0 Å². The first kappa shape index (κ1) is 19.7. The van der Waals surface area contributed by atoms with Crippen molar-refractivity contribution in [2.45, 2.75) is 32.7 Å². The highest BCUT2D eigenvalue weighted by atomic mass is 32.1. The van der Waals surface area contributed by atoms with Crippen molar-refractivity contribution in [2.75, 3.05) is 13.1 Å². The lowest BCUT2D eigenvalue weighted by atomic mass is 9.99. The van der Waals surface area contributed by atoms with E-state index in [1.807, 2.05) is 45.9 Å². The van der Waals surface area contributed by atoms with Crippen molar-refractivity contribution in [3.05, 3.63) is 69.6 Å². The predicted molar refractivity (Wildman–Crippen MR) is 122 cm³/mol. The number of hydrogen-bond donors (Lipinski definition) is 0. The van der Waals surface area contributed by atoms with Crippen molar-refractivity contribution in [1.29, 1.82) is 0 Å². The van der Waals surface area contributed by atoms with Crippen LogP contribution in [0.2, 0.25) is 0 Å². The largest absolute Gasteiger partial charge is 0.339 e. The van der Waals surface area contributed by atoms with Gasteiger partial charge in [-0.05, 0) is 35.9 Å². The minimum atomic E-state index is -0.0376. The molecule has 0 unspecified atom stereocenters. The third-order valence-electron chi connectivity index (χ3n) is 5.86. The number of benzene rings is 1. The smallest absolute Gasteiger partial charge is 0.272 e. The van der Waals surface area contributed by atoms with E-state index >= 15 is 0 Å². The Labute approximate surface area is 183 Å². The van der Waals surface area contributed by atoms with Gasteiger partial charge in [0.25, 0.3) is 5.56 Å². The Morgan fingerprint density at radius 1 is 1.16 bits per heavy atom. The fraction of sp³-hybridized carbons (Fsp3) is 0.304. The van der Waals surface area contributed by atoms with E-state index in [4.69, 9.17) is 0 Å². The quantitative estimate of drug-likeness (QED) is 0.484. The SMILES string of the molecule is CCn1c(=O)c2sccc2n2c(CCC(=O)N3CC=C(c4ccccc4)CC3)nnc12. The third kappa shape index (κ3) is 3.46. The number of thiophene rings is 1. The van der Waals surface area contributed by atoms with Crippen LogP contribution in [-0.4, -0.2) is 43.1 Å². The van der Waals surface area contributed by atoms with Gasteiger partial charge in [0.05, 0.1) is 5.52 Å². The van der Waals surface area contributed by atoms with E-state index < -0.39 is 0 Å². The van der Waals surface area contributed by atoms with Crippen molar-refractivity contribution >= 4 is 38.8 Å². The zero-order chi connectivity index (χ0) is 21.4. The summed E-state index contributed by atoms with van der Waals surface area (Å²) in [5.41, 5.74) is 3.30. The van der Waals surface area contributed by atoms with Gasteiger partial charge >= 0.3 is 0 Å². The molecule has 0 fully saturated rings. The molecular formula is C23H23N5O2S. The molecule has 31 heavy (non-hydrogen) atoms. The average molecular weight is 434 g/mol. The van der Waals surface area contributed by atoms with Crippen LogP contribution in [0, 0.1) is 0 Å². The van der Waals surface area contributed by atoms with Crippen LogP contribution < -0.4 is 5.56 Å². The number of hydrogen-bond acceptors (Lipinski definition) is 5. The van der Waals surface area contributed by atoms with Gasteiger partial charge in [0.2, 0.25) is 11.7 Å². The monoisotopic (exact) mass is 433 g/mol. The molecule has 0 N–H and O–H groups in total. The molecule has 4 aromatic rings. The number of fused-ring (bicyclic) bond motifs is 3. The molecule has 1 amide bonds. The van der Waals surface area contributed by atoms with Crippen LogP contribution in [0.25, 0.3) is 21.6 Å². The zero-order valence-corrected chi connectivity index (χ0v) is 18.1. The van der Waals surface area contributed by atoms with Crippen LogP contribution >= 0.6 is 11.3 Å². The minimum absolute atomic E-state index is 0.0376. The minimum Gasteiger partial charge on any atom is -0.339 e. The molecular weight excluding hydrogens is 410 g/mol. The molecule has 1 aliphatic rings. The standard InChI is InChI=1S/C23H23N5O2S/c1-2-27-22(30)21-18(12-15-31-21)28-19(24-25-23(27)28)8-9-20(29)26-13-10-17(11-14-26)16-6-4-3-5-7-16/h3-7,10,12,15H,2,8-9,11,13-14H2,1H3. The number of aryl methyl sites for hydroxylation is 2. The summed E-state index contributed by atoms with van der Waals surface area (Å²) in [7, 11) is 0. The van der Waals surface area contributed by atoms with Crippen LogP contribution in [0.4, 0.5) is 0 Å². The summed E-state index contributed by atoms with van der Waals surface area (Å²) in [6.07, 6.45) is 3.87. The number of rotatable bonds is 5. The molecule has 5 rings (SSSR count). The van der Waals surface area contributed by atoms with Gasteiger partial charge in [0.15, 0.2) is 0 Å². The number of aromatic nitrogens is 4. The predicted octanol–water partition coefficient (Wildman–Crippen LogP) is 3.37. The molecule has 0 aliphatic carbocycles. The molecule has 0 saturated heterocycles. The molecule has 0 radical (unpaired) electrons. The maximum absolute atomic E-state index is 12.8. The lowest BCUT2D eigenvalue weighted by Crippen LogP contribution is -2.34. The second-order valence-electron chi connectivity index (χ2n) is 7.62.